The SMILES string of the molecule is CNc1cc([N+](=O)[O-])cc(NCCc2ccccc2F)n1. The summed E-state index contributed by atoms with van der Waals surface area (Å²) in [6.07, 6.45) is 0.464. The van der Waals surface area contributed by atoms with Crippen LogP contribution in [-0.4, -0.2) is 23.5 Å². The van der Waals surface area contributed by atoms with E-state index in [0.29, 0.717) is 30.2 Å². The summed E-state index contributed by atoms with van der Waals surface area (Å²) < 4.78 is 13.5. The van der Waals surface area contributed by atoms with Crippen LogP contribution in [-0.2, 0) is 6.42 Å². The third-order valence-electron chi connectivity index (χ3n) is 2.94. The Balaban J connectivity index is 2.04. The fourth-order valence-electron chi connectivity index (χ4n) is 1.87. The van der Waals surface area contributed by atoms with Gasteiger partial charge in [0.25, 0.3) is 5.69 Å². The lowest BCUT2D eigenvalue weighted by Crippen LogP contribution is -2.08. The first-order valence-electron chi connectivity index (χ1n) is 6.41. The lowest BCUT2D eigenvalue weighted by atomic mass is 10.1. The van der Waals surface area contributed by atoms with Crippen LogP contribution in [0.25, 0.3) is 0 Å². The van der Waals surface area contributed by atoms with Crippen LogP contribution < -0.4 is 10.6 Å². The summed E-state index contributed by atoms with van der Waals surface area (Å²) >= 11 is 0. The van der Waals surface area contributed by atoms with Crippen molar-refractivity contribution in [3.8, 4) is 0 Å². The van der Waals surface area contributed by atoms with E-state index < -0.39 is 4.92 Å². The summed E-state index contributed by atoms with van der Waals surface area (Å²) in [7, 11) is 1.63. The second-order valence-electron chi connectivity index (χ2n) is 4.37. The third-order valence-corrected chi connectivity index (χ3v) is 2.94. The smallest absolute Gasteiger partial charge is 0.276 e. The molecule has 0 aliphatic heterocycles. The van der Waals surface area contributed by atoms with Gasteiger partial charge >= 0.3 is 0 Å². The maximum Gasteiger partial charge on any atom is 0.276 e. The molecule has 2 N–H and O–H groups in total. The van der Waals surface area contributed by atoms with Gasteiger partial charge in [0.1, 0.15) is 17.5 Å². The molecule has 1 aromatic heterocycles. The third kappa shape index (κ3) is 3.88. The van der Waals surface area contributed by atoms with Gasteiger partial charge < -0.3 is 10.6 Å². The van der Waals surface area contributed by atoms with Crippen LogP contribution >= 0.6 is 0 Å². The minimum atomic E-state index is -0.482. The molecule has 110 valence electrons. The van der Waals surface area contributed by atoms with Crippen LogP contribution in [0.5, 0.6) is 0 Å². The van der Waals surface area contributed by atoms with Gasteiger partial charge in [0, 0.05) is 13.6 Å². The molecule has 0 saturated heterocycles. The summed E-state index contributed by atoms with van der Waals surface area (Å²) in [5.74, 6) is 0.518. The summed E-state index contributed by atoms with van der Waals surface area (Å²) in [4.78, 5) is 14.5. The monoisotopic (exact) mass is 290 g/mol. The highest BCUT2D eigenvalue weighted by Gasteiger charge is 2.10. The molecule has 0 aliphatic rings. The van der Waals surface area contributed by atoms with Crippen LogP contribution in [0.1, 0.15) is 5.56 Å². The van der Waals surface area contributed by atoms with Gasteiger partial charge in [0.15, 0.2) is 0 Å². The van der Waals surface area contributed by atoms with Gasteiger partial charge in [-0.3, -0.25) is 10.1 Å². The number of anilines is 2. The van der Waals surface area contributed by atoms with Crippen molar-refractivity contribution < 1.29 is 9.31 Å². The van der Waals surface area contributed by atoms with Gasteiger partial charge in [0.2, 0.25) is 0 Å². The normalized spacial score (nSPS) is 10.2. The fraction of sp³-hybridized carbons (Fsp3) is 0.214. The van der Waals surface area contributed by atoms with E-state index >= 15 is 0 Å². The Morgan fingerprint density at radius 1 is 1.29 bits per heavy atom. The zero-order valence-corrected chi connectivity index (χ0v) is 11.5. The zero-order chi connectivity index (χ0) is 15.2. The minimum absolute atomic E-state index is 0.0530. The predicted octanol–water partition coefficient (Wildman–Crippen LogP) is 2.83. The number of aromatic nitrogens is 1. The Labute approximate surface area is 121 Å². The van der Waals surface area contributed by atoms with E-state index in [9.17, 15) is 14.5 Å². The van der Waals surface area contributed by atoms with Crippen molar-refractivity contribution in [3.63, 3.8) is 0 Å². The molecule has 2 aromatic rings. The molecule has 0 bridgehead atoms. The van der Waals surface area contributed by atoms with E-state index in [1.807, 2.05) is 0 Å². The molecule has 0 spiro atoms. The van der Waals surface area contributed by atoms with Gasteiger partial charge in [-0.1, -0.05) is 18.2 Å². The first-order chi connectivity index (χ1) is 10.1. The number of halogens is 1. The van der Waals surface area contributed by atoms with Crippen LogP contribution in [0.15, 0.2) is 36.4 Å². The summed E-state index contributed by atoms with van der Waals surface area (Å²) in [5, 5.41) is 16.6. The largest absolute Gasteiger partial charge is 0.373 e. The first-order valence-corrected chi connectivity index (χ1v) is 6.41. The lowest BCUT2D eigenvalue weighted by molar-refractivity contribution is -0.384. The van der Waals surface area contributed by atoms with E-state index in [1.165, 1.54) is 18.2 Å². The van der Waals surface area contributed by atoms with Gasteiger partial charge in [-0.25, -0.2) is 9.37 Å². The molecule has 0 saturated carbocycles. The number of nitrogens with zero attached hydrogens (tertiary/aromatic N) is 2. The second-order valence-corrected chi connectivity index (χ2v) is 4.37. The van der Waals surface area contributed by atoms with E-state index in [-0.39, 0.29) is 11.5 Å². The highest BCUT2D eigenvalue weighted by Crippen LogP contribution is 2.20. The average Bonchev–Trinajstić information content (AvgIpc) is 2.49. The molecule has 0 unspecified atom stereocenters. The van der Waals surface area contributed by atoms with E-state index in [0.717, 1.165) is 0 Å². The maximum atomic E-state index is 13.5. The Bertz CT molecular complexity index is 649. The van der Waals surface area contributed by atoms with Crippen LogP contribution in [0, 0.1) is 15.9 Å². The topological polar surface area (TPSA) is 80.1 Å². The molecule has 21 heavy (non-hydrogen) atoms. The number of pyridine rings is 1. The minimum Gasteiger partial charge on any atom is -0.373 e. The van der Waals surface area contributed by atoms with Crippen molar-refractivity contribution in [2.45, 2.75) is 6.42 Å². The van der Waals surface area contributed by atoms with Crippen molar-refractivity contribution >= 4 is 17.3 Å². The Morgan fingerprint density at radius 3 is 2.67 bits per heavy atom. The number of nitrogens with one attached hydrogen (secondary N) is 2. The Kier molecular flexibility index (Phi) is 4.65. The van der Waals surface area contributed by atoms with Crippen LogP contribution in [0.3, 0.4) is 0 Å². The van der Waals surface area contributed by atoms with Gasteiger partial charge in [-0.2, -0.15) is 0 Å². The Hall–Kier alpha value is -2.70. The molecule has 6 nitrogen and oxygen atoms in total. The molecular formula is C14H15FN4O2. The summed E-state index contributed by atoms with van der Waals surface area (Å²) in [6.45, 7) is 0.429. The highest BCUT2D eigenvalue weighted by atomic mass is 19.1. The van der Waals surface area contributed by atoms with Crippen LogP contribution in [0.2, 0.25) is 0 Å². The highest BCUT2D eigenvalue weighted by molar-refractivity contribution is 5.54. The van der Waals surface area contributed by atoms with Crippen molar-refractivity contribution in [2.75, 3.05) is 24.2 Å². The molecular weight excluding hydrogens is 275 g/mol. The average molecular weight is 290 g/mol. The molecule has 0 radical (unpaired) electrons. The van der Waals surface area contributed by atoms with Crippen molar-refractivity contribution in [3.05, 3.63) is 57.9 Å². The number of benzene rings is 1. The molecule has 0 aliphatic carbocycles. The number of hydrogen-bond acceptors (Lipinski definition) is 5. The molecule has 0 fully saturated rings. The second kappa shape index (κ2) is 6.65. The van der Waals surface area contributed by atoms with E-state index in [1.54, 1.807) is 25.2 Å². The summed E-state index contributed by atoms with van der Waals surface area (Å²) in [6, 6.07) is 9.21. The fourth-order valence-corrected chi connectivity index (χ4v) is 1.87. The number of nitro groups is 1. The number of rotatable bonds is 6. The van der Waals surface area contributed by atoms with Gasteiger partial charge in [0.05, 0.1) is 17.1 Å². The maximum absolute atomic E-state index is 13.5. The molecule has 7 heteroatoms. The van der Waals surface area contributed by atoms with Gasteiger partial charge in [-0.05, 0) is 18.1 Å². The predicted molar refractivity (Wildman–Crippen MR) is 79.0 cm³/mol. The molecule has 0 amide bonds. The van der Waals surface area contributed by atoms with Crippen molar-refractivity contribution in [1.29, 1.82) is 0 Å². The van der Waals surface area contributed by atoms with E-state index in [2.05, 4.69) is 15.6 Å². The van der Waals surface area contributed by atoms with Crippen LogP contribution in [0.4, 0.5) is 21.7 Å². The van der Waals surface area contributed by atoms with Crippen molar-refractivity contribution in [2.24, 2.45) is 0 Å². The quantitative estimate of drug-likeness (QED) is 0.631. The lowest BCUT2D eigenvalue weighted by Gasteiger charge is -2.08. The zero-order valence-electron chi connectivity index (χ0n) is 11.5. The summed E-state index contributed by atoms with van der Waals surface area (Å²) in [5.41, 5.74) is 0.534. The molecule has 2 rings (SSSR count). The molecule has 1 aromatic carbocycles. The number of hydrogen-bond donors (Lipinski definition) is 2. The molecule has 1 heterocycles. The molecule has 0 atom stereocenters. The van der Waals surface area contributed by atoms with Gasteiger partial charge in [-0.15, -0.1) is 0 Å². The van der Waals surface area contributed by atoms with E-state index in [4.69, 9.17) is 0 Å². The standard InChI is InChI=1S/C14H15FN4O2/c1-16-13-8-11(19(20)21)9-14(18-13)17-7-6-10-4-2-3-5-12(10)15/h2-5,8-9H,6-7H2,1H3,(H2,16,17,18). The Morgan fingerprint density at radius 2 is 2.00 bits per heavy atom. The van der Waals surface area contributed by atoms with Crippen molar-refractivity contribution in [1.82, 2.24) is 4.98 Å². The first kappa shape index (κ1) is 14.7.